The van der Waals surface area contributed by atoms with Crippen molar-refractivity contribution < 1.29 is 4.42 Å². The van der Waals surface area contributed by atoms with E-state index >= 15 is 0 Å². The quantitative estimate of drug-likeness (QED) is 0.495. The second-order valence-corrected chi connectivity index (χ2v) is 8.32. The summed E-state index contributed by atoms with van der Waals surface area (Å²) in [5.41, 5.74) is 12.8. The number of fused-ring (bicyclic) bond motifs is 1. The van der Waals surface area contributed by atoms with Crippen molar-refractivity contribution in [2.75, 3.05) is 0 Å². The Morgan fingerprint density at radius 3 is 2.66 bits per heavy atom. The van der Waals surface area contributed by atoms with Gasteiger partial charge in [0, 0.05) is 33.9 Å². The van der Waals surface area contributed by atoms with Gasteiger partial charge in [0.1, 0.15) is 0 Å². The van der Waals surface area contributed by atoms with Gasteiger partial charge in [0.15, 0.2) is 0 Å². The van der Waals surface area contributed by atoms with Gasteiger partial charge in [-0.2, -0.15) is 0 Å². The summed E-state index contributed by atoms with van der Waals surface area (Å²) in [4.78, 5) is 7.93. The zero-order valence-electron chi connectivity index (χ0n) is 16.9. The van der Waals surface area contributed by atoms with E-state index in [1.165, 1.54) is 10.9 Å². The molecule has 0 saturated heterocycles. The average molecular weight is 387 g/mol. The maximum absolute atomic E-state index is 6.22. The van der Waals surface area contributed by atoms with E-state index in [0.29, 0.717) is 23.6 Å². The minimum atomic E-state index is -0.153. The summed E-state index contributed by atoms with van der Waals surface area (Å²) in [6.45, 7) is 6.44. The maximum atomic E-state index is 6.22. The Hall–Kier alpha value is -2.99. The Balaban J connectivity index is 1.60. The molecular weight excluding hydrogens is 362 g/mol. The van der Waals surface area contributed by atoms with E-state index in [4.69, 9.17) is 10.2 Å². The standard InChI is InChI=1S/C23H25N5O/c1-12(2)19-17-11-16(22-27-28-23(29-22)20(24)14-4-5-14)6-7-18(17)26-21(19)15-8-9-25-13(3)10-15/h6-12,14,20,26H,4-5,24H2,1-3H3. The molecule has 0 aliphatic heterocycles. The third-order valence-electron chi connectivity index (χ3n) is 5.70. The Bertz CT molecular complexity index is 1190. The highest BCUT2D eigenvalue weighted by atomic mass is 16.4. The zero-order chi connectivity index (χ0) is 20.1. The number of nitrogens with one attached hydrogen (secondary N) is 1. The van der Waals surface area contributed by atoms with Crippen molar-refractivity contribution in [1.82, 2.24) is 20.2 Å². The molecule has 3 aromatic heterocycles. The maximum Gasteiger partial charge on any atom is 0.247 e. The van der Waals surface area contributed by atoms with Crippen LogP contribution in [0, 0.1) is 12.8 Å². The molecule has 0 bridgehead atoms. The number of nitrogens with two attached hydrogens (primary N) is 1. The van der Waals surface area contributed by atoms with Crippen LogP contribution in [0.4, 0.5) is 0 Å². The van der Waals surface area contributed by atoms with E-state index in [9.17, 15) is 0 Å². The van der Waals surface area contributed by atoms with E-state index in [1.807, 2.05) is 25.3 Å². The Morgan fingerprint density at radius 2 is 1.93 bits per heavy atom. The molecule has 5 rings (SSSR count). The highest BCUT2D eigenvalue weighted by molar-refractivity contribution is 5.93. The van der Waals surface area contributed by atoms with E-state index in [2.05, 4.69) is 52.2 Å². The fourth-order valence-corrected chi connectivity index (χ4v) is 4.02. The number of benzene rings is 1. The number of nitrogens with zero attached hydrogens (tertiary/aromatic N) is 3. The minimum Gasteiger partial charge on any atom is -0.419 e. The molecule has 1 fully saturated rings. The van der Waals surface area contributed by atoms with Gasteiger partial charge in [0.25, 0.3) is 0 Å². The topological polar surface area (TPSA) is 93.6 Å². The van der Waals surface area contributed by atoms with Crippen LogP contribution < -0.4 is 5.73 Å². The van der Waals surface area contributed by atoms with Gasteiger partial charge in [-0.1, -0.05) is 13.8 Å². The van der Waals surface area contributed by atoms with Crippen LogP contribution in [0.2, 0.25) is 0 Å². The number of rotatable bonds is 5. The van der Waals surface area contributed by atoms with Gasteiger partial charge in [-0.15, -0.1) is 10.2 Å². The molecule has 0 amide bonds. The summed E-state index contributed by atoms with van der Waals surface area (Å²) in [5, 5.41) is 9.63. The molecule has 3 N–H and O–H groups in total. The number of aryl methyl sites for hydroxylation is 1. The van der Waals surface area contributed by atoms with Crippen molar-refractivity contribution in [1.29, 1.82) is 0 Å². The number of hydrogen-bond acceptors (Lipinski definition) is 5. The Labute approximate surface area is 169 Å². The van der Waals surface area contributed by atoms with Gasteiger partial charge in [-0.3, -0.25) is 4.98 Å². The molecule has 29 heavy (non-hydrogen) atoms. The molecule has 1 aromatic carbocycles. The number of aromatic nitrogens is 4. The van der Waals surface area contributed by atoms with Crippen LogP contribution in [0.3, 0.4) is 0 Å². The van der Waals surface area contributed by atoms with Crippen molar-refractivity contribution in [3.63, 3.8) is 0 Å². The van der Waals surface area contributed by atoms with Gasteiger partial charge in [-0.05, 0) is 67.5 Å². The molecule has 1 atom stereocenters. The van der Waals surface area contributed by atoms with Crippen molar-refractivity contribution in [3.8, 4) is 22.7 Å². The average Bonchev–Trinajstić information content (AvgIpc) is 3.30. The summed E-state index contributed by atoms with van der Waals surface area (Å²) >= 11 is 0. The lowest BCUT2D eigenvalue weighted by Gasteiger charge is -2.09. The first-order chi connectivity index (χ1) is 14.0. The van der Waals surface area contributed by atoms with Crippen LogP contribution in [0.15, 0.2) is 40.9 Å². The van der Waals surface area contributed by atoms with Crippen molar-refractivity contribution in [2.24, 2.45) is 11.7 Å². The molecule has 1 aliphatic carbocycles. The molecule has 0 radical (unpaired) electrons. The van der Waals surface area contributed by atoms with Crippen LogP contribution in [-0.4, -0.2) is 20.2 Å². The predicted molar refractivity (Wildman–Crippen MR) is 113 cm³/mol. The molecule has 0 spiro atoms. The lowest BCUT2D eigenvalue weighted by Crippen LogP contribution is -2.12. The van der Waals surface area contributed by atoms with Gasteiger partial charge in [0.05, 0.1) is 11.7 Å². The van der Waals surface area contributed by atoms with Crippen molar-refractivity contribution >= 4 is 10.9 Å². The smallest absolute Gasteiger partial charge is 0.247 e. The molecule has 1 unspecified atom stereocenters. The molecule has 6 heteroatoms. The normalized spacial score (nSPS) is 15.3. The summed E-state index contributed by atoms with van der Waals surface area (Å²) in [6.07, 6.45) is 4.14. The highest BCUT2D eigenvalue weighted by Gasteiger charge is 2.33. The highest BCUT2D eigenvalue weighted by Crippen LogP contribution is 2.40. The summed E-state index contributed by atoms with van der Waals surface area (Å²) in [6, 6.07) is 10.2. The first-order valence-corrected chi connectivity index (χ1v) is 10.2. The Morgan fingerprint density at radius 1 is 1.10 bits per heavy atom. The Kier molecular flexibility index (Phi) is 4.24. The second-order valence-electron chi connectivity index (χ2n) is 8.32. The number of aromatic amines is 1. The lowest BCUT2D eigenvalue weighted by atomic mass is 9.95. The van der Waals surface area contributed by atoms with Gasteiger partial charge in [0.2, 0.25) is 11.8 Å². The fraction of sp³-hybridized carbons (Fsp3) is 0.348. The number of pyridine rings is 1. The van der Waals surface area contributed by atoms with Gasteiger partial charge < -0.3 is 15.1 Å². The largest absolute Gasteiger partial charge is 0.419 e. The fourth-order valence-electron chi connectivity index (χ4n) is 4.02. The second kappa shape index (κ2) is 6.81. The molecule has 1 aliphatic rings. The summed E-state index contributed by atoms with van der Waals surface area (Å²) in [5.74, 6) is 1.89. The van der Waals surface area contributed by atoms with E-state index in [-0.39, 0.29) is 6.04 Å². The van der Waals surface area contributed by atoms with Crippen LogP contribution in [-0.2, 0) is 0 Å². The molecule has 6 nitrogen and oxygen atoms in total. The van der Waals surface area contributed by atoms with Crippen LogP contribution >= 0.6 is 0 Å². The molecular formula is C23H25N5O. The molecule has 4 aromatic rings. The van der Waals surface area contributed by atoms with Gasteiger partial charge in [-0.25, -0.2) is 0 Å². The first kappa shape index (κ1) is 18.1. The van der Waals surface area contributed by atoms with Crippen LogP contribution in [0.5, 0.6) is 0 Å². The van der Waals surface area contributed by atoms with Crippen LogP contribution in [0.25, 0.3) is 33.6 Å². The third-order valence-corrected chi connectivity index (χ3v) is 5.70. The SMILES string of the molecule is Cc1cc(-c2[nH]c3ccc(-c4nnc(C(N)C5CC5)o4)cc3c2C(C)C)ccn1. The summed E-state index contributed by atoms with van der Waals surface area (Å²) in [7, 11) is 0. The predicted octanol–water partition coefficient (Wildman–Crippen LogP) is 5.12. The third kappa shape index (κ3) is 3.23. The number of hydrogen-bond donors (Lipinski definition) is 2. The minimum absolute atomic E-state index is 0.153. The van der Waals surface area contributed by atoms with E-state index in [1.54, 1.807) is 0 Å². The van der Waals surface area contributed by atoms with Gasteiger partial charge >= 0.3 is 0 Å². The molecule has 1 saturated carbocycles. The lowest BCUT2D eigenvalue weighted by molar-refractivity contribution is 0.434. The van der Waals surface area contributed by atoms with Crippen molar-refractivity contribution in [2.45, 2.75) is 45.6 Å². The summed E-state index contributed by atoms with van der Waals surface area (Å²) < 4.78 is 5.92. The van der Waals surface area contributed by atoms with Crippen LogP contribution in [0.1, 0.15) is 55.8 Å². The van der Waals surface area contributed by atoms with E-state index < -0.39 is 0 Å². The van der Waals surface area contributed by atoms with Crippen molar-refractivity contribution in [3.05, 3.63) is 53.7 Å². The zero-order valence-corrected chi connectivity index (χ0v) is 16.9. The molecule has 3 heterocycles. The van der Waals surface area contributed by atoms with E-state index in [0.717, 1.165) is 40.9 Å². The number of H-pyrrole nitrogens is 1. The monoisotopic (exact) mass is 387 g/mol. The molecule has 148 valence electrons. The first-order valence-electron chi connectivity index (χ1n) is 10.2.